The Balaban J connectivity index is 1.79. The molecule has 1 amide bonds. The zero-order valence-electron chi connectivity index (χ0n) is 13.9. The maximum atomic E-state index is 12.9. The summed E-state index contributed by atoms with van der Waals surface area (Å²) in [5, 5.41) is 0. The molecule has 1 aliphatic heterocycles. The van der Waals surface area contributed by atoms with Crippen molar-refractivity contribution in [2.24, 2.45) is 0 Å². The Labute approximate surface area is 141 Å². The highest BCUT2D eigenvalue weighted by Gasteiger charge is 2.30. The van der Waals surface area contributed by atoms with Gasteiger partial charge in [-0.05, 0) is 19.8 Å². The van der Waals surface area contributed by atoms with Crippen LogP contribution in [-0.4, -0.2) is 34.2 Å². The maximum Gasteiger partial charge on any atom is 0.276 e. The van der Waals surface area contributed by atoms with Crippen molar-refractivity contribution in [1.82, 2.24) is 9.88 Å². The van der Waals surface area contributed by atoms with Crippen molar-refractivity contribution in [2.75, 3.05) is 6.54 Å². The summed E-state index contributed by atoms with van der Waals surface area (Å²) < 4.78 is 5.17. The second-order valence-corrected chi connectivity index (χ2v) is 6.25. The average Bonchev–Trinajstić information content (AvgIpc) is 2.89. The molecule has 126 valence electrons. The topological polar surface area (TPSA) is 63.4 Å². The molecule has 5 heteroatoms. The highest BCUT2D eigenvalue weighted by molar-refractivity contribution is 5.97. The highest BCUT2D eigenvalue weighted by Crippen LogP contribution is 2.23. The Morgan fingerprint density at radius 2 is 2.00 bits per heavy atom. The molecule has 2 aromatic rings. The summed E-state index contributed by atoms with van der Waals surface area (Å²) in [6, 6.07) is 9.19. The summed E-state index contributed by atoms with van der Waals surface area (Å²) in [4.78, 5) is 31.3. The second-order valence-electron chi connectivity index (χ2n) is 6.25. The molecule has 0 aliphatic carbocycles. The first-order chi connectivity index (χ1) is 11.7. The molecular formula is C19H22N2O3. The number of aromatic nitrogens is 1. The van der Waals surface area contributed by atoms with Crippen LogP contribution in [0.1, 0.15) is 58.7 Å². The minimum atomic E-state index is -0.131. The van der Waals surface area contributed by atoms with Crippen LogP contribution in [0, 0.1) is 6.92 Å². The van der Waals surface area contributed by atoms with Crippen LogP contribution in [0.2, 0.25) is 0 Å². The number of Topliss-reactive ketones (excluding diaryl/α,β-unsaturated/α-hetero) is 1. The summed E-state index contributed by atoms with van der Waals surface area (Å²) in [7, 11) is 0. The third-order valence-electron chi connectivity index (χ3n) is 4.60. The van der Waals surface area contributed by atoms with E-state index in [-0.39, 0.29) is 17.7 Å². The minimum absolute atomic E-state index is 0.0798. The van der Waals surface area contributed by atoms with Crippen LogP contribution in [-0.2, 0) is 0 Å². The number of aryl methyl sites for hydroxylation is 1. The fourth-order valence-electron chi connectivity index (χ4n) is 3.26. The molecule has 1 atom stereocenters. The normalized spacial score (nSPS) is 18.2. The van der Waals surface area contributed by atoms with Gasteiger partial charge in [-0.15, -0.1) is 0 Å². The Hall–Kier alpha value is -2.43. The number of likely N-dealkylation sites (tertiary alicyclic amines) is 1. The van der Waals surface area contributed by atoms with Crippen molar-refractivity contribution in [3.8, 4) is 0 Å². The third-order valence-corrected chi connectivity index (χ3v) is 4.60. The number of carbonyl (C=O) groups excluding carboxylic acids is 2. The van der Waals surface area contributed by atoms with Gasteiger partial charge in [0.2, 0.25) is 0 Å². The molecule has 0 radical (unpaired) electrons. The van der Waals surface area contributed by atoms with Crippen molar-refractivity contribution in [2.45, 2.75) is 45.1 Å². The summed E-state index contributed by atoms with van der Waals surface area (Å²) >= 11 is 0. The number of hydrogen-bond acceptors (Lipinski definition) is 4. The van der Waals surface area contributed by atoms with Gasteiger partial charge in [0.25, 0.3) is 5.91 Å². The van der Waals surface area contributed by atoms with Gasteiger partial charge in [-0.25, -0.2) is 4.98 Å². The molecule has 3 rings (SSSR count). The van der Waals surface area contributed by atoms with Crippen LogP contribution in [0.3, 0.4) is 0 Å². The van der Waals surface area contributed by atoms with Gasteiger partial charge in [-0.1, -0.05) is 43.2 Å². The molecule has 1 aliphatic rings. The van der Waals surface area contributed by atoms with Crippen LogP contribution < -0.4 is 0 Å². The van der Waals surface area contributed by atoms with Crippen LogP contribution in [0.25, 0.3) is 0 Å². The molecule has 0 spiro atoms. The fraction of sp³-hybridized carbons (Fsp3) is 0.421. The highest BCUT2D eigenvalue weighted by atomic mass is 16.3. The number of ketones is 1. The molecule has 0 N–H and O–H groups in total. The van der Waals surface area contributed by atoms with E-state index >= 15 is 0 Å². The van der Waals surface area contributed by atoms with E-state index in [1.54, 1.807) is 6.92 Å². The minimum Gasteiger partial charge on any atom is -0.448 e. The molecule has 1 unspecified atom stereocenters. The van der Waals surface area contributed by atoms with Crippen molar-refractivity contribution in [3.05, 3.63) is 53.7 Å². The van der Waals surface area contributed by atoms with Crippen molar-refractivity contribution in [3.63, 3.8) is 0 Å². The van der Waals surface area contributed by atoms with Crippen LogP contribution >= 0.6 is 0 Å². The molecule has 0 saturated carbocycles. The van der Waals surface area contributed by atoms with E-state index in [2.05, 4.69) is 4.98 Å². The molecule has 1 saturated heterocycles. The van der Waals surface area contributed by atoms with Crippen LogP contribution in [0.5, 0.6) is 0 Å². The average molecular weight is 326 g/mol. The number of hydrogen-bond donors (Lipinski definition) is 0. The van der Waals surface area contributed by atoms with E-state index in [4.69, 9.17) is 4.42 Å². The number of carbonyl (C=O) groups is 2. The molecule has 1 fully saturated rings. The predicted octanol–water partition coefficient (Wildman–Crippen LogP) is 3.64. The Morgan fingerprint density at radius 3 is 2.71 bits per heavy atom. The summed E-state index contributed by atoms with van der Waals surface area (Å²) in [5.41, 5.74) is 1.06. The zero-order valence-corrected chi connectivity index (χ0v) is 13.9. The first-order valence-electron chi connectivity index (χ1n) is 8.46. The SMILES string of the molecule is Cc1ocnc1C(=O)N1CCCCCC1CC(=O)c1ccccc1. The second kappa shape index (κ2) is 7.43. The Bertz CT molecular complexity index is 708. The largest absolute Gasteiger partial charge is 0.448 e. The first-order valence-corrected chi connectivity index (χ1v) is 8.46. The number of rotatable bonds is 4. The van der Waals surface area contributed by atoms with Gasteiger partial charge in [0, 0.05) is 24.6 Å². The van der Waals surface area contributed by atoms with E-state index in [0.29, 0.717) is 30.0 Å². The number of benzene rings is 1. The van der Waals surface area contributed by atoms with Crippen LogP contribution in [0.15, 0.2) is 41.1 Å². The maximum absolute atomic E-state index is 12.9. The summed E-state index contributed by atoms with van der Waals surface area (Å²) in [6.45, 7) is 2.40. The number of amides is 1. The predicted molar refractivity (Wildman–Crippen MR) is 89.9 cm³/mol. The van der Waals surface area contributed by atoms with Crippen molar-refractivity contribution >= 4 is 11.7 Å². The summed E-state index contributed by atoms with van der Waals surface area (Å²) in [5.74, 6) is 0.476. The van der Waals surface area contributed by atoms with Gasteiger partial charge in [0.15, 0.2) is 17.9 Å². The van der Waals surface area contributed by atoms with E-state index in [9.17, 15) is 9.59 Å². The van der Waals surface area contributed by atoms with Crippen molar-refractivity contribution < 1.29 is 14.0 Å². The molecular weight excluding hydrogens is 304 g/mol. The van der Waals surface area contributed by atoms with E-state index in [1.165, 1.54) is 6.39 Å². The molecule has 1 aromatic heterocycles. The lowest BCUT2D eigenvalue weighted by molar-refractivity contribution is 0.0653. The smallest absolute Gasteiger partial charge is 0.276 e. The van der Waals surface area contributed by atoms with Gasteiger partial charge < -0.3 is 9.32 Å². The number of oxazole rings is 1. The van der Waals surface area contributed by atoms with Gasteiger partial charge in [-0.2, -0.15) is 0 Å². The van der Waals surface area contributed by atoms with Gasteiger partial charge in [0.1, 0.15) is 5.76 Å². The molecule has 0 bridgehead atoms. The molecule has 1 aromatic carbocycles. The lowest BCUT2D eigenvalue weighted by atomic mass is 9.99. The number of nitrogens with zero attached hydrogens (tertiary/aromatic N) is 2. The fourth-order valence-corrected chi connectivity index (χ4v) is 3.26. The quantitative estimate of drug-likeness (QED) is 0.805. The van der Waals surface area contributed by atoms with Crippen LogP contribution in [0.4, 0.5) is 0 Å². The van der Waals surface area contributed by atoms with E-state index < -0.39 is 0 Å². The van der Waals surface area contributed by atoms with E-state index in [0.717, 1.165) is 25.7 Å². The molecule has 2 heterocycles. The Morgan fingerprint density at radius 1 is 1.21 bits per heavy atom. The molecule has 5 nitrogen and oxygen atoms in total. The van der Waals surface area contributed by atoms with Gasteiger partial charge in [0.05, 0.1) is 0 Å². The molecule has 24 heavy (non-hydrogen) atoms. The first kappa shape index (κ1) is 16.4. The Kier molecular flexibility index (Phi) is 5.08. The zero-order chi connectivity index (χ0) is 16.9. The van der Waals surface area contributed by atoms with Gasteiger partial charge in [-0.3, -0.25) is 9.59 Å². The lowest BCUT2D eigenvalue weighted by Crippen LogP contribution is -2.41. The summed E-state index contributed by atoms with van der Waals surface area (Å²) in [6.07, 6.45) is 5.57. The third kappa shape index (κ3) is 3.55. The van der Waals surface area contributed by atoms with E-state index in [1.807, 2.05) is 35.2 Å². The lowest BCUT2D eigenvalue weighted by Gasteiger charge is -2.29. The monoisotopic (exact) mass is 326 g/mol. The van der Waals surface area contributed by atoms with Gasteiger partial charge >= 0.3 is 0 Å². The standard InChI is InChI=1S/C19H22N2O3/c1-14-18(20-13-24-14)19(23)21-11-7-3-6-10-16(21)12-17(22)15-8-4-2-5-9-15/h2,4-5,8-9,13,16H,3,6-7,10-12H2,1H3. The van der Waals surface area contributed by atoms with Crippen molar-refractivity contribution in [1.29, 1.82) is 0 Å².